The number of benzene rings is 2. The molecule has 0 spiro atoms. The van der Waals surface area contributed by atoms with Crippen LogP contribution in [0.1, 0.15) is 28.8 Å². The Kier molecular flexibility index (Phi) is 6.50. The lowest BCUT2D eigenvalue weighted by molar-refractivity contribution is -0.137. The Morgan fingerprint density at radius 3 is 2.47 bits per heavy atom. The number of aliphatic imine (C=N–C) groups is 1. The van der Waals surface area contributed by atoms with Crippen molar-refractivity contribution in [3.63, 3.8) is 0 Å². The van der Waals surface area contributed by atoms with E-state index in [1.54, 1.807) is 18.2 Å². The third kappa shape index (κ3) is 5.50. The van der Waals surface area contributed by atoms with Crippen molar-refractivity contribution in [1.29, 1.82) is 0 Å². The Labute approximate surface area is 182 Å². The summed E-state index contributed by atoms with van der Waals surface area (Å²) in [6.07, 6.45) is -2.70. The molecule has 1 saturated heterocycles. The number of rotatable bonds is 4. The standard InChI is InChI=1S/C22H22F3N3O4/c23-22(24,25)15-5-3-14(4-6-15)20(29)28-21(26-13-17-2-1-9-30-17)27-16-7-8-18-19(12-16)32-11-10-31-18/h3-8,12,17H,1-2,9-11,13H2,(H2,26,27,28,29)/t17-/m1/s1. The second-order valence-corrected chi connectivity index (χ2v) is 7.34. The first-order chi connectivity index (χ1) is 15.4. The van der Waals surface area contributed by atoms with Gasteiger partial charge in [0, 0.05) is 23.9 Å². The van der Waals surface area contributed by atoms with Gasteiger partial charge in [0.15, 0.2) is 11.5 Å². The van der Waals surface area contributed by atoms with Crippen molar-refractivity contribution in [3.8, 4) is 11.5 Å². The van der Waals surface area contributed by atoms with Crippen molar-refractivity contribution in [2.75, 3.05) is 31.7 Å². The van der Waals surface area contributed by atoms with E-state index in [4.69, 9.17) is 14.2 Å². The minimum Gasteiger partial charge on any atom is -0.486 e. The summed E-state index contributed by atoms with van der Waals surface area (Å²) < 4.78 is 55.0. The third-order valence-corrected chi connectivity index (χ3v) is 4.99. The summed E-state index contributed by atoms with van der Waals surface area (Å²) in [5, 5.41) is 5.67. The highest BCUT2D eigenvalue weighted by atomic mass is 19.4. The Bertz CT molecular complexity index is 987. The number of hydrogen-bond donors (Lipinski definition) is 2. The Morgan fingerprint density at radius 1 is 1.03 bits per heavy atom. The van der Waals surface area contributed by atoms with Crippen LogP contribution < -0.4 is 20.1 Å². The molecule has 0 aliphatic carbocycles. The van der Waals surface area contributed by atoms with Gasteiger partial charge < -0.3 is 19.5 Å². The molecule has 2 heterocycles. The van der Waals surface area contributed by atoms with Gasteiger partial charge in [-0.3, -0.25) is 10.1 Å². The van der Waals surface area contributed by atoms with E-state index in [0.717, 1.165) is 37.1 Å². The maximum atomic E-state index is 12.8. The summed E-state index contributed by atoms with van der Waals surface area (Å²) in [6.45, 7) is 1.90. The van der Waals surface area contributed by atoms with Crippen LogP contribution in [0.3, 0.4) is 0 Å². The maximum Gasteiger partial charge on any atom is 0.416 e. The van der Waals surface area contributed by atoms with Crippen molar-refractivity contribution in [2.45, 2.75) is 25.1 Å². The van der Waals surface area contributed by atoms with Crippen molar-refractivity contribution in [3.05, 3.63) is 53.6 Å². The second-order valence-electron chi connectivity index (χ2n) is 7.34. The van der Waals surface area contributed by atoms with E-state index in [1.807, 2.05) is 0 Å². The number of carbonyl (C=O) groups is 1. The molecule has 4 rings (SSSR count). The number of halogens is 3. The monoisotopic (exact) mass is 449 g/mol. The van der Waals surface area contributed by atoms with Crippen LogP contribution in [0.25, 0.3) is 0 Å². The zero-order chi connectivity index (χ0) is 22.6. The minimum absolute atomic E-state index is 0.0463. The zero-order valence-electron chi connectivity index (χ0n) is 17.1. The molecule has 2 aromatic carbocycles. The van der Waals surface area contributed by atoms with E-state index in [2.05, 4.69) is 15.6 Å². The molecule has 2 aromatic rings. The quantitative estimate of drug-likeness (QED) is 0.548. The van der Waals surface area contributed by atoms with Crippen molar-refractivity contribution in [2.24, 2.45) is 4.99 Å². The number of carbonyl (C=O) groups excluding carboxylic acids is 1. The summed E-state index contributed by atoms with van der Waals surface area (Å²) in [4.78, 5) is 17.1. The molecule has 0 unspecified atom stereocenters. The fourth-order valence-corrected chi connectivity index (χ4v) is 3.34. The van der Waals surface area contributed by atoms with E-state index in [1.165, 1.54) is 0 Å². The predicted molar refractivity (Wildman–Crippen MR) is 111 cm³/mol. The van der Waals surface area contributed by atoms with Crippen LogP contribution in [0, 0.1) is 0 Å². The Balaban J connectivity index is 1.50. The van der Waals surface area contributed by atoms with Crippen LogP contribution in [0.15, 0.2) is 47.5 Å². The third-order valence-electron chi connectivity index (χ3n) is 4.99. The fraction of sp³-hybridized carbons (Fsp3) is 0.364. The van der Waals surface area contributed by atoms with Gasteiger partial charge in [0.2, 0.25) is 5.96 Å². The summed E-state index contributed by atoms with van der Waals surface area (Å²) in [6, 6.07) is 9.20. The first-order valence-corrected chi connectivity index (χ1v) is 10.2. The maximum absolute atomic E-state index is 12.8. The Hall–Kier alpha value is -3.27. The normalized spacial score (nSPS) is 18.3. The summed E-state index contributed by atoms with van der Waals surface area (Å²) in [7, 11) is 0. The van der Waals surface area contributed by atoms with Gasteiger partial charge in [0.05, 0.1) is 18.2 Å². The molecule has 2 aliphatic heterocycles. The SMILES string of the molecule is O=C(NC(=NC[C@H]1CCCO1)Nc1ccc2c(c1)OCCO2)c1ccc(C(F)(F)F)cc1. The summed E-state index contributed by atoms with van der Waals surface area (Å²) >= 11 is 0. The molecule has 0 aromatic heterocycles. The van der Waals surface area contributed by atoms with Crippen molar-refractivity contribution >= 4 is 17.6 Å². The molecule has 2 aliphatic rings. The van der Waals surface area contributed by atoms with Crippen molar-refractivity contribution < 1.29 is 32.2 Å². The van der Waals surface area contributed by atoms with Crippen LogP contribution in [0.2, 0.25) is 0 Å². The number of hydrogen-bond acceptors (Lipinski definition) is 5. The number of anilines is 1. The first-order valence-electron chi connectivity index (χ1n) is 10.2. The molecule has 1 fully saturated rings. The van der Waals surface area contributed by atoms with E-state index in [-0.39, 0.29) is 17.6 Å². The van der Waals surface area contributed by atoms with Gasteiger partial charge in [-0.2, -0.15) is 13.2 Å². The summed E-state index contributed by atoms with van der Waals surface area (Å²) in [5.41, 5.74) is -0.143. The average Bonchev–Trinajstić information content (AvgIpc) is 3.30. The molecule has 1 atom stereocenters. The smallest absolute Gasteiger partial charge is 0.416 e. The lowest BCUT2D eigenvalue weighted by Crippen LogP contribution is -2.36. The van der Waals surface area contributed by atoms with Gasteiger partial charge in [0.1, 0.15) is 13.2 Å². The predicted octanol–water partition coefficient (Wildman–Crippen LogP) is 3.85. The molecule has 2 N–H and O–H groups in total. The molecule has 1 amide bonds. The van der Waals surface area contributed by atoms with E-state index in [9.17, 15) is 18.0 Å². The number of amides is 1. The van der Waals surface area contributed by atoms with Gasteiger partial charge in [-0.15, -0.1) is 0 Å². The highest BCUT2D eigenvalue weighted by Gasteiger charge is 2.30. The van der Waals surface area contributed by atoms with Crippen molar-refractivity contribution in [1.82, 2.24) is 5.32 Å². The number of guanidine groups is 1. The minimum atomic E-state index is -4.47. The molecule has 7 nitrogen and oxygen atoms in total. The van der Waals surface area contributed by atoms with Gasteiger partial charge in [0.25, 0.3) is 5.91 Å². The largest absolute Gasteiger partial charge is 0.486 e. The molecule has 10 heteroatoms. The van der Waals surface area contributed by atoms with Crippen LogP contribution in [0.5, 0.6) is 11.5 Å². The van der Waals surface area contributed by atoms with Gasteiger partial charge in [-0.1, -0.05) is 0 Å². The first kappa shape index (κ1) is 21.9. The highest BCUT2D eigenvalue weighted by molar-refractivity contribution is 6.10. The molecule has 32 heavy (non-hydrogen) atoms. The Morgan fingerprint density at radius 2 is 1.78 bits per heavy atom. The number of ether oxygens (including phenoxy) is 3. The summed E-state index contributed by atoms with van der Waals surface area (Å²) in [5.74, 6) is 0.749. The molecular weight excluding hydrogens is 427 g/mol. The highest BCUT2D eigenvalue weighted by Crippen LogP contribution is 2.32. The van der Waals surface area contributed by atoms with Gasteiger partial charge >= 0.3 is 6.18 Å². The van der Waals surface area contributed by atoms with Crippen LogP contribution in [0.4, 0.5) is 18.9 Å². The molecule has 0 radical (unpaired) electrons. The van der Waals surface area contributed by atoms with Gasteiger partial charge in [-0.05, 0) is 49.2 Å². The van der Waals surface area contributed by atoms with E-state index >= 15 is 0 Å². The van der Waals surface area contributed by atoms with Crippen LogP contribution in [-0.4, -0.2) is 44.3 Å². The van der Waals surface area contributed by atoms with Gasteiger partial charge in [-0.25, -0.2) is 4.99 Å². The molecule has 170 valence electrons. The second kappa shape index (κ2) is 9.47. The number of alkyl halides is 3. The molecule has 0 bridgehead atoms. The molecular formula is C22H22F3N3O4. The van der Waals surface area contributed by atoms with E-state index < -0.39 is 17.6 Å². The fourth-order valence-electron chi connectivity index (χ4n) is 3.34. The van der Waals surface area contributed by atoms with Crippen LogP contribution in [-0.2, 0) is 10.9 Å². The number of nitrogens with one attached hydrogen (secondary N) is 2. The van der Waals surface area contributed by atoms with Crippen LogP contribution >= 0.6 is 0 Å². The lowest BCUT2D eigenvalue weighted by atomic mass is 10.1. The molecule has 0 saturated carbocycles. The average molecular weight is 449 g/mol. The van der Waals surface area contributed by atoms with E-state index in [0.29, 0.717) is 43.6 Å². The number of nitrogens with zero attached hydrogens (tertiary/aromatic N) is 1. The number of fused-ring (bicyclic) bond motifs is 1. The zero-order valence-corrected chi connectivity index (χ0v) is 17.1. The lowest BCUT2D eigenvalue weighted by Gasteiger charge is -2.19. The topological polar surface area (TPSA) is 81.2 Å².